The van der Waals surface area contributed by atoms with Gasteiger partial charge in [-0.25, -0.2) is 4.79 Å². The molecular weight excluding hydrogens is 311 g/mol. The van der Waals surface area contributed by atoms with Gasteiger partial charge >= 0.3 is 18.1 Å². The number of rotatable bonds is 6. The molecule has 0 aliphatic heterocycles. The van der Waals surface area contributed by atoms with E-state index in [-0.39, 0.29) is 17.7 Å². The summed E-state index contributed by atoms with van der Waals surface area (Å²) in [5, 5.41) is 0. The summed E-state index contributed by atoms with van der Waals surface area (Å²) >= 11 is 0. The molecule has 3 nitrogen and oxygen atoms in total. The van der Waals surface area contributed by atoms with Crippen LogP contribution in [0, 0.1) is 0 Å². The first-order valence-corrected chi connectivity index (χ1v) is 6.37. The van der Waals surface area contributed by atoms with Gasteiger partial charge in [0.1, 0.15) is 0 Å². The fraction of sp³-hybridized carbons (Fsp3) is 0.500. The van der Waals surface area contributed by atoms with Gasteiger partial charge in [0.15, 0.2) is 0 Å². The average molecular weight is 326 g/mol. The first-order valence-electron chi connectivity index (χ1n) is 6.37. The number of carbonyl (C=O) groups is 1. The standard InChI is InChI=1S/C14H15F5O3/c1-3-22-12(20)10-7-5-4-6-9(10)11(21-2)8-13(15,16)14(17,18)19/h4-7,11H,3,8H2,1-2H3. The van der Waals surface area contributed by atoms with Crippen LogP contribution in [0.25, 0.3) is 0 Å². The number of hydrogen-bond acceptors (Lipinski definition) is 3. The molecule has 0 bridgehead atoms. The molecule has 0 amide bonds. The molecule has 0 N–H and O–H groups in total. The van der Waals surface area contributed by atoms with Crippen molar-refractivity contribution in [1.29, 1.82) is 0 Å². The van der Waals surface area contributed by atoms with E-state index in [0.29, 0.717) is 0 Å². The van der Waals surface area contributed by atoms with E-state index >= 15 is 0 Å². The Labute approximate surface area is 124 Å². The molecule has 1 atom stereocenters. The van der Waals surface area contributed by atoms with Crippen molar-refractivity contribution in [1.82, 2.24) is 0 Å². The molecule has 1 rings (SSSR count). The number of hydrogen-bond donors (Lipinski definition) is 0. The number of benzene rings is 1. The Morgan fingerprint density at radius 3 is 2.27 bits per heavy atom. The summed E-state index contributed by atoms with van der Waals surface area (Å²) in [5.74, 6) is -5.74. The van der Waals surface area contributed by atoms with Gasteiger partial charge in [0.2, 0.25) is 0 Å². The van der Waals surface area contributed by atoms with Gasteiger partial charge in [-0.2, -0.15) is 22.0 Å². The molecule has 22 heavy (non-hydrogen) atoms. The van der Waals surface area contributed by atoms with Crippen LogP contribution in [-0.4, -0.2) is 31.8 Å². The molecule has 1 aromatic carbocycles. The minimum Gasteiger partial charge on any atom is -0.462 e. The quantitative estimate of drug-likeness (QED) is 0.582. The molecule has 0 saturated heterocycles. The lowest BCUT2D eigenvalue weighted by Crippen LogP contribution is -2.38. The van der Waals surface area contributed by atoms with Gasteiger partial charge in [-0.3, -0.25) is 0 Å². The van der Waals surface area contributed by atoms with Crippen LogP contribution >= 0.6 is 0 Å². The molecule has 8 heteroatoms. The first-order chi connectivity index (χ1) is 10.1. The zero-order chi connectivity index (χ0) is 17.0. The van der Waals surface area contributed by atoms with Crippen LogP contribution in [0.15, 0.2) is 24.3 Å². The molecule has 0 heterocycles. The minimum atomic E-state index is -5.69. The second-order valence-corrected chi connectivity index (χ2v) is 4.44. The van der Waals surface area contributed by atoms with Crippen LogP contribution in [0.3, 0.4) is 0 Å². The van der Waals surface area contributed by atoms with Crippen molar-refractivity contribution in [3.05, 3.63) is 35.4 Å². The maximum absolute atomic E-state index is 13.2. The zero-order valence-electron chi connectivity index (χ0n) is 11.9. The molecule has 0 aliphatic carbocycles. The Morgan fingerprint density at radius 1 is 1.18 bits per heavy atom. The largest absolute Gasteiger partial charge is 0.462 e. The van der Waals surface area contributed by atoms with Crippen molar-refractivity contribution in [2.45, 2.75) is 31.5 Å². The highest BCUT2D eigenvalue weighted by molar-refractivity contribution is 5.91. The van der Waals surface area contributed by atoms with E-state index in [0.717, 1.165) is 7.11 Å². The number of alkyl halides is 5. The third-order valence-corrected chi connectivity index (χ3v) is 2.94. The Morgan fingerprint density at radius 2 is 1.77 bits per heavy atom. The van der Waals surface area contributed by atoms with Gasteiger partial charge in [0.05, 0.1) is 24.7 Å². The summed E-state index contributed by atoms with van der Waals surface area (Å²) in [5.41, 5.74) is -0.179. The molecule has 124 valence electrons. The summed E-state index contributed by atoms with van der Waals surface area (Å²) in [6, 6.07) is 5.40. The highest BCUT2D eigenvalue weighted by Crippen LogP contribution is 2.43. The maximum atomic E-state index is 13.2. The number of halogens is 5. The van der Waals surface area contributed by atoms with Crippen molar-refractivity contribution in [2.75, 3.05) is 13.7 Å². The van der Waals surface area contributed by atoms with Gasteiger partial charge in [0.25, 0.3) is 0 Å². The molecule has 0 saturated carbocycles. The van der Waals surface area contributed by atoms with E-state index in [9.17, 15) is 26.7 Å². The maximum Gasteiger partial charge on any atom is 0.453 e. The molecule has 0 aromatic heterocycles. The third-order valence-electron chi connectivity index (χ3n) is 2.94. The van der Waals surface area contributed by atoms with E-state index in [1.807, 2.05) is 0 Å². The van der Waals surface area contributed by atoms with E-state index in [1.165, 1.54) is 24.3 Å². The molecule has 0 radical (unpaired) electrons. The van der Waals surface area contributed by atoms with Crippen LogP contribution < -0.4 is 0 Å². The second kappa shape index (κ2) is 7.04. The molecule has 0 aliphatic rings. The van der Waals surface area contributed by atoms with E-state index in [2.05, 4.69) is 0 Å². The third kappa shape index (κ3) is 4.16. The second-order valence-electron chi connectivity index (χ2n) is 4.44. The molecule has 0 fully saturated rings. The van der Waals surface area contributed by atoms with Crippen LogP contribution in [0.5, 0.6) is 0 Å². The van der Waals surface area contributed by atoms with Gasteiger partial charge in [0, 0.05) is 7.11 Å². The Bertz CT molecular complexity index is 513. The minimum absolute atomic E-state index is 0.0452. The zero-order valence-corrected chi connectivity index (χ0v) is 11.9. The van der Waals surface area contributed by atoms with Gasteiger partial charge in [-0.1, -0.05) is 18.2 Å². The van der Waals surface area contributed by atoms with Crippen molar-refractivity contribution in [3.63, 3.8) is 0 Å². The van der Waals surface area contributed by atoms with Gasteiger partial charge in [-0.05, 0) is 18.6 Å². The Hall–Kier alpha value is -1.70. The number of esters is 1. The lowest BCUT2D eigenvalue weighted by Gasteiger charge is -2.25. The fourth-order valence-corrected chi connectivity index (χ4v) is 1.84. The van der Waals surface area contributed by atoms with E-state index in [1.54, 1.807) is 6.92 Å². The molecular formula is C14H15F5O3. The predicted molar refractivity (Wildman–Crippen MR) is 67.8 cm³/mol. The number of ether oxygens (including phenoxy) is 2. The first kappa shape index (κ1) is 18.3. The highest BCUT2D eigenvalue weighted by Gasteiger charge is 2.58. The van der Waals surface area contributed by atoms with Crippen LogP contribution in [0.4, 0.5) is 22.0 Å². The van der Waals surface area contributed by atoms with Crippen molar-refractivity contribution >= 4 is 5.97 Å². The summed E-state index contributed by atoms with van der Waals surface area (Å²) in [6.45, 7) is 1.59. The molecule has 1 aromatic rings. The SMILES string of the molecule is CCOC(=O)c1ccccc1C(CC(F)(F)C(F)(F)F)OC. The normalized spacial score (nSPS) is 13.8. The predicted octanol–water partition coefficient (Wildman–Crippen LogP) is 4.14. The van der Waals surface area contributed by atoms with Crippen molar-refractivity contribution in [3.8, 4) is 0 Å². The average Bonchev–Trinajstić information content (AvgIpc) is 2.44. The highest BCUT2D eigenvalue weighted by atomic mass is 19.4. The monoisotopic (exact) mass is 326 g/mol. The van der Waals surface area contributed by atoms with Crippen LogP contribution in [-0.2, 0) is 9.47 Å². The van der Waals surface area contributed by atoms with E-state index < -0.39 is 30.6 Å². The fourth-order valence-electron chi connectivity index (χ4n) is 1.84. The molecule has 1 unspecified atom stereocenters. The Balaban J connectivity index is 3.14. The topological polar surface area (TPSA) is 35.5 Å². The van der Waals surface area contributed by atoms with Gasteiger partial charge < -0.3 is 9.47 Å². The smallest absolute Gasteiger partial charge is 0.453 e. The summed E-state index contributed by atoms with van der Waals surface area (Å²) < 4.78 is 72.9. The lowest BCUT2D eigenvalue weighted by molar-refractivity contribution is -0.291. The Kier molecular flexibility index (Phi) is 5.87. The van der Waals surface area contributed by atoms with Crippen LogP contribution in [0.1, 0.15) is 35.4 Å². The summed E-state index contributed by atoms with van der Waals surface area (Å²) in [7, 11) is 0.999. The number of carbonyl (C=O) groups excluding carboxylic acids is 1. The lowest BCUT2D eigenvalue weighted by atomic mass is 9.97. The summed E-state index contributed by atoms with van der Waals surface area (Å²) in [6.07, 6.45) is -8.91. The van der Waals surface area contributed by atoms with Crippen molar-refractivity contribution < 1.29 is 36.2 Å². The van der Waals surface area contributed by atoms with Gasteiger partial charge in [-0.15, -0.1) is 0 Å². The van der Waals surface area contributed by atoms with Crippen molar-refractivity contribution in [2.24, 2.45) is 0 Å². The van der Waals surface area contributed by atoms with E-state index in [4.69, 9.17) is 9.47 Å². The number of methoxy groups -OCH3 is 1. The van der Waals surface area contributed by atoms with Crippen LogP contribution in [0.2, 0.25) is 0 Å². The molecule has 0 spiro atoms. The summed E-state index contributed by atoms with van der Waals surface area (Å²) in [4.78, 5) is 11.8.